The molecule has 0 aromatic heterocycles. The first kappa shape index (κ1) is 15.6. The molecule has 1 amide bonds. The summed E-state index contributed by atoms with van der Waals surface area (Å²) in [5, 5.41) is 0.523. The van der Waals surface area contributed by atoms with Crippen molar-refractivity contribution in [1.82, 2.24) is 0 Å². The van der Waals surface area contributed by atoms with Gasteiger partial charge in [0.2, 0.25) is 0 Å². The molecule has 0 bridgehead atoms. The van der Waals surface area contributed by atoms with Gasteiger partial charge in [-0.1, -0.05) is 11.6 Å². The van der Waals surface area contributed by atoms with Crippen LogP contribution >= 0.6 is 11.6 Å². The number of sulfonamides is 1. The van der Waals surface area contributed by atoms with Gasteiger partial charge in [0.1, 0.15) is 6.61 Å². The van der Waals surface area contributed by atoms with Gasteiger partial charge in [0.25, 0.3) is 10.0 Å². The third-order valence-electron chi connectivity index (χ3n) is 3.32. The molecule has 0 unspecified atom stereocenters. The van der Waals surface area contributed by atoms with Crippen LogP contribution in [0, 0.1) is 0 Å². The van der Waals surface area contributed by atoms with E-state index in [0.717, 1.165) is 0 Å². The average molecular weight is 353 g/mol. The first-order valence-electron chi connectivity index (χ1n) is 6.78. The van der Waals surface area contributed by atoms with Gasteiger partial charge in [0.15, 0.2) is 0 Å². The minimum absolute atomic E-state index is 0.101. The second-order valence-electron chi connectivity index (χ2n) is 4.87. The molecule has 0 saturated carbocycles. The molecule has 0 aliphatic carbocycles. The first-order valence-corrected chi connectivity index (χ1v) is 8.64. The standard InChI is InChI=1S/C15H13ClN2O4S/c16-11-1-3-12(4-2-11)17-23(20,21)14-7-5-13(6-8-14)18-9-10-22-15(18)19/h1-8,17H,9-10H2. The quantitative estimate of drug-likeness (QED) is 0.917. The van der Waals surface area contributed by atoms with Gasteiger partial charge in [0, 0.05) is 16.4 Å². The van der Waals surface area contributed by atoms with Gasteiger partial charge in [0.05, 0.1) is 11.4 Å². The van der Waals surface area contributed by atoms with E-state index >= 15 is 0 Å². The summed E-state index contributed by atoms with van der Waals surface area (Å²) in [7, 11) is -3.71. The Morgan fingerprint density at radius 2 is 1.70 bits per heavy atom. The smallest absolute Gasteiger partial charge is 0.414 e. The van der Waals surface area contributed by atoms with Crippen LogP contribution < -0.4 is 9.62 Å². The van der Waals surface area contributed by atoms with Gasteiger partial charge >= 0.3 is 6.09 Å². The number of cyclic esters (lactones) is 1. The van der Waals surface area contributed by atoms with E-state index < -0.39 is 16.1 Å². The van der Waals surface area contributed by atoms with Gasteiger partial charge in [-0.3, -0.25) is 9.62 Å². The molecule has 1 saturated heterocycles. The molecule has 0 radical (unpaired) electrons. The Labute approximate surface area is 138 Å². The van der Waals surface area contributed by atoms with E-state index in [0.29, 0.717) is 29.5 Å². The normalized spacial score (nSPS) is 14.7. The van der Waals surface area contributed by atoms with Gasteiger partial charge in [-0.05, 0) is 48.5 Å². The maximum atomic E-state index is 12.3. The fourth-order valence-electron chi connectivity index (χ4n) is 2.17. The Hall–Kier alpha value is -2.25. The molecule has 1 aliphatic rings. The van der Waals surface area contributed by atoms with Crippen molar-refractivity contribution in [2.24, 2.45) is 0 Å². The van der Waals surface area contributed by atoms with E-state index in [4.69, 9.17) is 16.3 Å². The van der Waals surface area contributed by atoms with E-state index in [-0.39, 0.29) is 4.90 Å². The van der Waals surface area contributed by atoms with Crippen LogP contribution in [0.5, 0.6) is 0 Å². The van der Waals surface area contributed by atoms with Crippen molar-refractivity contribution in [1.29, 1.82) is 0 Å². The van der Waals surface area contributed by atoms with Crippen LogP contribution in [0.25, 0.3) is 0 Å². The zero-order chi connectivity index (χ0) is 16.4. The Kier molecular flexibility index (Phi) is 4.14. The molecule has 0 atom stereocenters. The number of nitrogens with zero attached hydrogens (tertiary/aromatic N) is 1. The lowest BCUT2D eigenvalue weighted by molar-refractivity contribution is 0.181. The van der Waals surface area contributed by atoms with E-state index in [1.165, 1.54) is 17.0 Å². The Balaban J connectivity index is 1.80. The number of ether oxygens (including phenoxy) is 1. The third kappa shape index (κ3) is 3.40. The minimum Gasteiger partial charge on any atom is -0.447 e. The summed E-state index contributed by atoms with van der Waals surface area (Å²) in [4.78, 5) is 13.0. The molecule has 120 valence electrons. The van der Waals surface area contributed by atoms with Crippen molar-refractivity contribution in [3.63, 3.8) is 0 Å². The van der Waals surface area contributed by atoms with Crippen molar-refractivity contribution in [3.8, 4) is 0 Å². The SMILES string of the molecule is O=C1OCCN1c1ccc(S(=O)(=O)Nc2ccc(Cl)cc2)cc1. The first-order chi connectivity index (χ1) is 11.0. The minimum atomic E-state index is -3.71. The highest BCUT2D eigenvalue weighted by Crippen LogP contribution is 2.23. The molecule has 0 spiro atoms. The fourth-order valence-corrected chi connectivity index (χ4v) is 3.35. The number of nitrogens with one attached hydrogen (secondary N) is 1. The monoisotopic (exact) mass is 352 g/mol. The molecule has 1 N–H and O–H groups in total. The number of benzene rings is 2. The number of hydrogen-bond acceptors (Lipinski definition) is 4. The molecule has 1 heterocycles. The number of amides is 1. The van der Waals surface area contributed by atoms with Gasteiger partial charge in [-0.15, -0.1) is 0 Å². The van der Waals surface area contributed by atoms with Gasteiger partial charge in [-0.2, -0.15) is 0 Å². The van der Waals surface area contributed by atoms with Crippen LogP contribution in [0.15, 0.2) is 53.4 Å². The number of halogens is 1. The zero-order valence-corrected chi connectivity index (χ0v) is 13.5. The van der Waals surface area contributed by atoms with E-state index in [1.807, 2.05) is 0 Å². The summed E-state index contributed by atoms with van der Waals surface area (Å²) in [6.45, 7) is 0.783. The van der Waals surface area contributed by atoms with E-state index in [1.54, 1.807) is 36.4 Å². The highest BCUT2D eigenvalue weighted by molar-refractivity contribution is 7.92. The van der Waals surface area contributed by atoms with Gasteiger partial charge in [-0.25, -0.2) is 13.2 Å². The molecular formula is C15H13ClN2O4S. The lowest BCUT2D eigenvalue weighted by Gasteiger charge is -2.13. The molecule has 8 heteroatoms. The van der Waals surface area contributed by atoms with Crippen LogP contribution in [-0.4, -0.2) is 27.7 Å². The second kappa shape index (κ2) is 6.10. The van der Waals surface area contributed by atoms with Crippen LogP contribution in [0.3, 0.4) is 0 Å². The zero-order valence-electron chi connectivity index (χ0n) is 11.9. The van der Waals surface area contributed by atoms with Crippen molar-refractivity contribution >= 4 is 39.1 Å². The number of carbonyl (C=O) groups is 1. The fraction of sp³-hybridized carbons (Fsp3) is 0.133. The largest absolute Gasteiger partial charge is 0.447 e. The van der Waals surface area contributed by atoms with Crippen molar-refractivity contribution in [3.05, 3.63) is 53.6 Å². The van der Waals surface area contributed by atoms with Crippen molar-refractivity contribution in [2.45, 2.75) is 4.90 Å². The summed E-state index contributed by atoms with van der Waals surface area (Å²) in [6.07, 6.45) is -0.431. The molecular weight excluding hydrogens is 340 g/mol. The molecule has 1 aliphatic heterocycles. The second-order valence-corrected chi connectivity index (χ2v) is 6.99. The Bertz CT molecular complexity index is 820. The lowest BCUT2D eigenvalue weighted by atomic mass is 10.3. The predicted octanol–water partition coefficient (Wildman–Crippen LogP) is 3.10. The van der Waals surface area contributed by atoms with E-state index in [9.17, 15) is 13.2 Å². The third-order valence-corrected chi connectivity index (χ3v) is 4.97. The van der Waals surface area contributed by atoms with Crippen LogP contribution in [0.1, 0.15) is 0 Å². The van der Waals surface area contributed by atoms with Crippen LogP contribution in [0.2, 0.25) is 5.02 Å². The highest BCUT2D eigenvalue weighted by atomic mass is 35.5. The Morgan fingerprint density at radius 3 is 2.26 bits per heavy atom. The lowest BCUT2D eigenvalue weighted by Crippen LogP contribution is -2.23. The number of anilines is 2. The molecule has 2 aromatic carbocycles. The number of rotatable bonds is 4. The molecule has 2 aromatic rings. The molecule has 1 fully saturated rings. The summed E-state index contributed by atoms with van der Waals surface area (Å²) in [5.41, 5.74) is 1.01. The van der Waals surface area contributed by atoms with Gasteiger partial charge < -0.3 is 4.74 Å². The summed E-state index contributed by atoms with van der Waals surface area (Å²) in [6, 6.07) is 12.4. The summed E-state index contributed by atoms with van der Waals surface area (Å²) < 4.78 is 32.0. The molecule has 6 nitrogen and oxygen atoms in total. The summed E-state index contributed by atoms with van der Waals surface area (Å²) >= 11 is 5.77. The number of carbonyl (C=O) groups excluding carboxylic acids is 1. The van der Waals surface area contributed by atoms with Crippen molar-refractivity contribution < 1.29 is 17.9 Å². The maximum absolute atomic E-state index is 12.3. The molecule has 3 rings (SSSR count). The highest BCUT2D eigenvalue weighted by Gasteiger charge is 2.24. The summed E-state index contributed by atoms with van der Waals surface area (Å²) in [5.74, 6) is 0. The maximum Gasteiger partial charge on any atom is 0.414 e. The topological polar surface area (TPSA) is 75.7 Å². The van der Waals surface area contributed by atoms with Crippen molar-refractivity contribution in [2.75, 3.05) is 22.8 Å². The predicted molar refractivity (Wildman–Crippen MR) is 87.4 cm³/mol. The number of hydrogen-bond donors (Lipinski definition) is 1. The molecule has 23 heavy (non-hydrogen) atoms. The van der Waals surface area contributed by atoms with Crippen LogP contribution in [0.4, 0.5) is 16.2 Å². The van der Waals surface area contributed by atoms with E-state index in [2.05, 4.69) is 4.72 Å². The Morgan fingerprint density at radius 1 is 1.04 bits per heavy atom. The van der Waals surface area contributed by atoms with Crippen LogP contribution in [-0.2, 0) is 14.8 Å². The average Bonchev–Trinajstić information content (AvgIpc) is 2.96.